The van der Waals surface area contributed by atoms with Crippen molar-refractivity contribution in [1.82, 2.24) is 14.5 Å². The van der Waals surface area contributed by atoms with Gasteiger partial charge in [-0.1, -0.05) is 12.1 Å². The monoisotopic (exact) mass is 341 g/mol. The summed E-state index contributed by atoms with van der Waals surface area (Å²) >= 11 is 0.340. The van der Waals surface area contributed by atoms with Crippen LogP contribution < -0.4 is 0 Å². The van der Waals surface area contributed by atoms with Crippen molar-refractivity contribution in [2.24, 2.45) is 0 Å². The molecule has 1 aliphatic rings. The lowest BCUT2D eigenvalue weighted by molar-refractivity contribution is -0.133. The zero-order chi connectivity index (χ0) is 16.4. The Balaban J connectivity index is 1.90. The number of alkyl halides is 2. The second kappa shape index (κ2) is 6.84. The van der Waals surface area contributed by atoms with Crippen molar-refractivity contribution >= 4 is 28.7 Å². The van der Waals surface area contributed by atoms with Crippen molar-refractivity contribution in [3.8, 4) is 0 Å². The average molecular weight is 341 g/mol. The molecule has 2 heterocycles. The SMILES string of the molecule is O=C(Cn1c(SC(F)F)nc2ccccc21)N1CCC[C@@H]1CO. The van der Waals surface area contributed by atoms with Gasteiger partial charge in [0.15, 0.2) is 5.16 Å². The number of aromatic nitrogens is 2. The molecule has 1 saturated heterocycles. The topological polar surface area (TPSA) is 58.4 Å². The second-order valence-electron chi connectivity index (χ2n) is 5.41. The zero-order valence-electron chi connectivity index (χ0n) is 12.4. The highest BCUT2D eigenvalue weighted by atomic mass is 32.2. The molecule has 0 aliphatic carbocycles. The fourth-order valence-electron chi connectivity index (χ4n) is 2.96. The molecular formula is C15H17F2N3O2S. The first-order chi connectivity index (χ1) is 11.1. The van der Waals surface area contributed by atoms with E-state index in [1.807, 2.05) is 0 Å². The number of carbonyl (C=O) groups excluding carboxylic acids is 1. The van der Waals surface area contributed by atoms with Crippen LogP contribution in [-0.2, 0) is 11.3 Å². The summed E-state index contributed by atoms with van der Waals surface area (Å²) in [6, 6.07) is 6.88. The molecule has 5 nitrogen and oxygen atoms in total. The maximum absolute atomic E-state index is 12.8. The normalized spacial score (nSPS) is 18.3. The van der Waals surface area contributed by atoms with Gasteiger partial charge < -0.3 is 14.6 Å². The smallest absolute Gasteiger partial charge is 0.291 e. The van der Waals surface area contributed by atoms with Gasteiger partial charge in [0.1, 0.15) is 6.54 Å². The van der Waals surface area contributed by atoms with E-state index in [0.29, 0.717) is 29.3 Å². The Hall–Kier alpha value is -1.67. The number of carbonyl (C=O) groups is 1. The third-order valence-electron chi connectivity index (χ3n) is 4.02. The van der Waals surface area contributed by atoms with Crippen molar-refractivity contribution in [2.45, 2.75) is 36.3 Å². The van der Waals surface area contributed by atoms with E-state index in [2.05, 4.69) is 4.98 Å². The van der Waals surface area contributed by atoms with Gasteiger partial charge in [0.2, 0.25) is 5.91 Å². The predicted octanol–water partition coefficient (Wildman–Crippen LogP) is 2.33. The lowest BCUT2D eigenvalue weighted by Gasteiger charge is -2.23. The summed E-state index contributed by atoms with van der Waals surface area (Å²) in [7, 11) is 0. The van der Waals surface area contributed by atoms with E-state index >= 15 is 0 Å². The van der Waals surface area contributed by atoms with Crippen LogP contribution in [0, 0.1) is 0 Å². The Morgan fingerprint density at radius 2 is 2.22 bits per heavy atom. The molecule has 0 spiro atoms. The largest absolute Gasteiger partial charge is 0.394 e. The van der Waals surface area contributed by atoms with Crippen LogP contribution in [0.5, 0.6) is 0 Å². The first-order valence-corrected chi connectivity index (χ1v) is 8.28. The van der Waals surface area contributed by atoms with Gasteiger partial charge in [0.25, 0.3) is 5.76 Å². The highest BCUT2D eigenvalue weighted by Gasteiger charge is 2.29. The van der Waals surface area contributed by atoms with Gasteiger partial charge >= 0.3 is 0 Å². The molecule has 2 aromatic rings. The number of imidazole rings is 1. The number of likely N-dealkylation sites (tertiary alicyclic amines) is 1. The first-order valence-electron chi connectivity index (χ1n) is 7.40. The zero-order valence-corrected chi connectivity index (χ0v) is 13.2. The summed E-state index contributed by atoms with van der Waals surface area (Å²) in [5.74, 6) is -2.78. The molecule has 1 atom stereocenters. The number of halogens is 2. The maximum atomic E-state index is 12.8. The van der Waals surface area contributed by atoms with Gasteiger partial charge in [0, 0.05) is 6.54 Å². The highest BCUT2D eigenvalue weighted by molar-refractivity contribution is 7.99. The van der Waals surface area contributed by atoms with Crippen LogP contribution in [-0.4, -0.2) is 50.4 Å². The standard InChI is InChI=1S/C15H17F2N3O2S/c16-14(17)23-15-18-11-5-1-2-6-12(11)20(15)8-13(22)19-7-3-4-10(19)9-21/h1-2,5-6,10,14,21H,3-4,7-9H2/t10-/m1/s1. The number of aliphatic hydroxyl groups is 1. The highest BCUT2D eigenvalue weighted by Crippen LogP contribution is 2.29. The number of aliphatic hydroxyl groups excluding tert-OH is 1. The van der Waals surface area contributed by atoms with Gasteiger partial charge in [-0.3, -0.25) is 4.79 Å². The molecule has 23 heavy (non-hydrogen) atoms. The van der Waals surface area contributed by atoms with Gasteiger partial charge in [-0.25, -0.2) is 4.98 Å². The molecule has 1 aromatic carbocycles. The molecule has 8 heteroatoms. The molecule has 1 aliphatic heterocycles. The van der Waals surface area contributed by atoms with Gasteiger partial charge in [-0.2, -0.15) is 8.78 Å². The van der Waals surface area contributed by atoms with Crippen LogP contribution in [0.3, 0.4) is 0 Å². The number of benzene rings is 1. The predicted molar refractivity (Wildman–Crippen MR) is 83.4 cm³/mol. The summed E-state index contributed by atoms with van der Waals surface area (Å²) in [4.78, 5) is 18.4. The fraction of sp³-hybridized carbons (Fsp3) is 0.467. The number of thioether (sulfide) groups is 1. The van der Waals surface area contributed by atoms with Crippen molar-refractivity contribution in [1.29, 1.82) is 0 Å². The number of nitrogens with zero attached hydrogens (tertiary/aromatic N) is 3. The number of amides is 1. The molecule has 0 bridgehead atoms. The summed E-state index contributed by atoms with van der Waals surface area (Å²) in [6.45, 7) is 0.467. The number of para-hydroxylation sites is 2. The Kier molecular flexibility index (Phi) is 4.82. The minimum atomic E-state index is -2.60. The number of fused-ring (bicyclic) bond motifs is 1. The summed E-state index contributed by atoms with van der Waals surface area (Å²) in [5.41, 5.74) is 1.24. The number of rotatable bonds is 5. The minimum Gasteiger partial charge on any atom is -0.394 e. The van der Waals surface area contributed by atoms with Crippen molar-refractivity contribution in [2.75, 3.05) is 13.2 Å². The molecular weight excluding hydrogens is 324 g/mol. The summed E-state index contributed by atoms with van der Waals surface area (Å²) < 4.78 is 27.1. The molecule has 124 valence electrons. The maximum Gasteiger partial charge on any atom is 0.291 e. The quantitative estimate of drug-likeness (QED) is 0.848. The van der Waals surface area contributed by atoms with Crippen LogP contribution in [0.4, 0.5) is 8.78 Å². The molecule has 1 amide bonds. The van der Waals surface area contributed by atoms with E-state index < -0.39 is 5.76 Å². The Morgan fingerprint density at radius 3 is 2.96 bits per heavy atom. The summed E-state index contributed by atoms with van der Waals surface area (Å²) in [6.07, 6.45) is 1.62. The molecule has 0 saturated carbocycles. The lowest BCUT2D eigenvalue weighted by atomic mass is 10.2. The average Bonchev–Trinajstić information content (AvgIpc) is 3.12. The third-order valence-corrected chi connectivity index (χ3v) is 4.72. The van der Waals surface area contributed by atoms with Crippen LogP contribution in [0.1, 0.15) is 12.8 Å². The van der Waals surface area contributed by atoms with E-state index in [0.717, 1.165) is 12.8 Å². The van der Waals surface area contributed by atoms with Gasteiger partial charge in [-0.15, -0.1) is 0 Å². The van der Waals surface area contributed by atoms with Gasteiger partial charge in [0.05, 0.1) is 23.7 Å². The Bertz CT molecular complexity index is 707. The third kappa shape index (κ3) is 3.32. The molecule has 1 aromatic heterocycles. The molecule has 3 rings (SSSR count). The number of hydrogen-bond acceptors (Lipinski definition) is 4. The van der Waals surface area contributed by atoms with Crippen molar-refractivity contribution in [3.63, 3.8) is 0 Å². The van der Waals surface area contributed by atoms with E-state index in [4.69, 9.17) is 0 Å². The summed E-state index contributed by atoms with van der Waals surface area (Å²) in [5, 5.41) is 9.47. The van der Waals surface area contributed by atoms with E-state index in [1.165, 1.54) is 4.57 Å². The molecule has 0 unspecified atom stereocenters. The number of hydrogen-bond donors (Lipinski definition) is 1. The van der Waals surface area contributed by atoms with Crippen molar-refractivity contribution in [3.05, 3.63) is 24.3 Å². The minimum absolute atomic E-state index is 0.0495. The molecule has 1 fully saturated rings. The fourth-order valence-corrected chi connectivity index (χ4v) is 3.56. The van der Waals surface area contributed by atoms with Crippen LogP contribution >= 0.6 is 11.8 Å². The van der Waals surface area contributed by atoms with Crippen LogP contribution in [0.2, 0.25) is 0 Å². The van der Waals surface area contributed by atoms with Gasteiger partial charge in [-0.05, 0) is 36.7 Å². The van der Waals surface area contributed by atoms with Crippen LogP contribution in [0.25, 0.3) is 11.0 Å². The Labute approximate surface area is 136 Å². The molecule has 1 N–H and O–H groups in total. The van der Waals surface area contributed by atoms with E-state index in [-0.39, 0.29) is 30.3 Å². The second-order valence-corrected chi connectivity index (χ2v) is 6.37. The Morgan fingerprint density at radius 1 is 1.43 bits per heavy atom. The molecule has 0 radical (unpaired) electrons. The van der Waals surface area contributed by atoms with E-state index in [1.54, 1.807) is 29.2 Å². The van der Waals surface area contributed by atoms with Crippen molar-refractivity contribution < 1.29 is 18.7 Å². The lowest BCUT2D eigenvalue weighted by Crippen LogP contribution is -2.39. The van der Waals surface area contributed by atoms with Crippen LogP contribution in [0.15, 0.2) is 29.4 Å². The first kappa shape index (κ1) is 16.2. The van der Waals surface area contributed by atoms with E-state index in [9.17, 15) is 18.7 Å².